The number of hydrogen-bond acceptors (Lipinski definition) is 3. The summed E-state index contributed by atoms with van der Waals surface area (Å²) in [6.45, 7) is 2.01. The number of aryl methyl sites for hydroxylation is 1. The van der Waals surface area contributed by atoms with Crippen LogP contribution in [0, 0.1) is 12.7 Å². The number of benzene rings is 2. The zero-order chi connectivity index (χ0) is 18.3. The van der Waals surface area contributed by atoms with Gasteiger partial charge in [-0.15, -0.1) is 0 Å². The Morgan fingerprint density at radius 1 is 1.00 bits per heavy atom. The van der Waals surface area contributed by atoms with Crippen LogP contribution in [0.5, 0.6) is 0 Å². The van der Waals surface area contributed by atoms with Crippen LogP contribution in [-0.4, -0.2) is 16.1 Å². The highest BCUT2D eigenvalue weighted by molar-refractivity contribution is 6.03. The van der Waals surface area contributed by atoms with Crippen molar-refractivity contribution in [1.82, 2.24) is 4.98 Å². The van der Waals surface area contributed by atoms with Crippen molar-refractivity contribution in [3.8, 4) is 22.8 Å². The number of aromatic nitrogens is 1. The second-order valence-electron chi connectivity index (χ2n) is 6.05. The third-order valence-corrected chi connectivity index (χ3v) is 4.20. The van der Waals surface area contributed by atoms with E-state index in [0.717, 1.165) is 11.1 Å². The number of aromatic carboxylic acids is 1. The average molecular weight is 347 g/mol. The lowest BCUT2D eigenvalue weighted by atomic mass is 10.1. The van der Waals surface area contributed by atoms with E-state index in [1.54, 1.807) is 6.07 Å². The lowest BCUT2D eigenvalue weighted by Crippen LogP contribution is -2.00. The summed E-state index contributed by atoms with van der Waals surface area (Å²) in [6, 6.07) is 16.8. The van der Waals surface area contributed by atoms with Crippen molar-refractivity contribution in [1.29, 1.82) is 0 Å². The first kappa shape index (κ1) is 16.0. The van der Waals surface area contributed by atoms with E-state index < -0.39 is 11.8 Å². The molecule has 0 aliphatic carbocycles. The average Bonchev–Trinajstić information content (AvgIpc) is 3.11. The van der Waals surface area contributed by atoms with Crippen molar-refractivity contribution in [2.45, 2.75) is 6.92 Å². The Morgan fingerprint density at radius 2 is 1.73 bits per heavy atom. The van der Waals surface area contributed by atoms with E-state index in [0.29, 0.717) is 22.7 Å². The van der Waals surface area contributed by atoms with Gasteiger partial charge in [-0.05, 0) is 43.3 Å². The second-order valence-corrected chi connectivity index (χ2v) is 6.05. The Hall–Kier alpha value is -3.47. The number of fused-ring (bicyclic) bond motifs is 1. The van der Waals surface area contributed by atoms with Crippen LogP contribution < -0.4 is 0 Å². The smallest absolute Gasteiger partial charge is 0.336 e. The summed E-state index contributed by atoms with van der Waals surface area (Å²) in [5.74, 6) is -0.532. The topological polar surface area (TPSA) is 63.3 Å². The highest BCUT2D eigenvalue weighted by atomic mass is 19.1. The van der Waals surface area contributed by atoms with E-state index in [-0.39, 0.29) is 10.9 Å². The monoisotopic (exact) mass is 347 g/mol. The number of halogens is 1. The molecule has 0 fully saturated rings. The van der Waals surface area contributed by atoms with Crippen molar-refractivity contribution in [2.75, 3.05) is 0 Å². The molecule has 5 heteroatoms. The Morgan fingerprint density at radius 3 is 2.46 bits per heavy atom. The molecule has 1 N–H and O–H groups in total. The van der Waals surface area contributed by atoms with Crippen LogP contribution in [0.4, 0.5) is 4.39 Å². The van der Waals surface area contributed by atoms with Gasteiger partial charge >= 0.3 is 5.97 Å². The van der Waals surface area contributed by atoms with Gasteiger partial charge in [-0.25, -0.2) is 14.2 Å². The third kappa shape index (κ3) is 2.84. The molecule has 4 nitrogen and oxygen atoms in total. The number of carbonyl (C=O) groups is 1. The van der Waals surface area contributed by atoms with Crippen molar-refractivity contribution < 1.29 is 18.7 Å². The Bertz CT molecular complexity index is 1130. The van der Waals surface area contributed by atoms with E-state index >= 15 is 0 Å². The summed E-state index contributed by atoms with van der Waals surface area (Å²) in [5, 5.41) is 9.73. The fourth-order valence-electron chi connectivity index (χ4n) is 2.85. The van der Waals surface area contributed by atoms with E-state index in [1.807, 2.05) is 37.3 Å². The second kappa shape index (κ2) is 6.11. The molecule has 128 valence electrons. The number of rotatable bonds is 3. The van der Waals surface area contributed by atoms with Gasteiger partial charge in [0.05, 0.1) is 11.1 Å². The van der Waals surface area contributed by atoms with Gasteiger partial charge in [-0.1, -0.05) is 29.8 Å². The van der Waals surface area contributed by atoms with Crippen molar-refractivity contribution in [3.63, 3.8) is 0 Å². The van der Waals surface area contributed by atoms with E-state index in [2.05, 4.69) is 4.98 Å². The normalized spacial score (nSPS) is 11.0. The third-order valence-electron chi connectivity index (χ3n) is 4.20. The van der Waals surface area contributed by atoms with E-state index in [9.17, 15) is 14.3 Å². The van der Waals surface area contributed by atoms with Gasteiger partial charge in [-0.3, -0.25) is 0 Å². The fraction of sp³-hybridized carbons (Fsp3) is 0.0476. The van der Waals surface area contributed by atoms with Crippen LogP contribution in [-0.2, 0) is 0 Å². The molecule has 0 atom stereocenters. The van der Waals surface area contributed by atoms with Crippen molar-refractivity contribution in [2.24, 2.45) is 0 Å². The van der Waals surface area contributed by atoms with Crippen LogP contribution in [0.1, 0.15) is 15.9 Å². The molecule has 0 aliphatic rings. The number of carboxylic acid groups (broad SMARTS) is 1. The molecule has 4 rings (SSSR count). The number of carboxylic acids is 1. The predicted octanol–water partition coefficient (Wildman–Crippen LogP) is 5.31. The van der Waals surface area contributed by atoms with Crippen LogP contribution in [0.25, 0.3) is 33.7 Å². The molecule has 0 saturated heterocycles. The largest absolute Gasteiger partial charge is 0.478 e. The van der Waals surface area contributed by atoms with Gasteiger partial charge in [0.1, 0.15) is 17.3 Å². The first-order chi connectivity index (χ1) is 12.5. The number of nitrogens with zero attached hydrogens (tertiary/aromatic N) is 1. The lowest BCUT2D eigenvalue weighted by molar-refractivity contribution is 0.0699. The van der Waals surface area contributed by atoms with E-state index in [4.69, 9.17) is 4.42 Å². The summed E-state index contributed by atoms with van der Waals surface area (Å²) in [7, 11) is 0. The molecule has 2 heterocycles. The van der Waals surface area contributed by atoms with Gasteiger partial charge in [0.15, 0.2) is 5.76 Å². The summed E-state index contributed by atoms with van der Waals surface area (Å²) in [4.78, 5) is 16.0. The SMILES string of the molecule is Cc1ccc(-c2ccc(-c3cc(C(=O)O)c4cc(F)ccc4n3)o2)cc1. The summed E-state index contributed by atoms with van der Waals surface area (Å²) < 4.78 is 19.4. The quantitative estimate of drug-likeness (QED) is 0.546. The minimum absolute atomic E-state index is 0.0159. The fourth-order valence-corrected chi connectivity index (χ4v) is 2.85. The maximum atomic E-state index is 13.5. The van der Waals surface area contributed by atoms with Gasteiger partial charge in [0.25, 0.3) is 0 Å². The Balaban J connectivity index is 1.83. The van der Waals surface area contributed by atoms with Crippen LogP contribution in [0.2, 0.25) is 0 Å². The predicted molar refractivity (Wildman–Crippen MR) is 96.5 cm³/mol. The van der Waals surface area contributed by atoms with Crippen molar-refractivity contribution >= 4 is 16.9 Å². The summed E-state index contributed by atoms with van der Waals surface area (Å²) >= 11 is 0. The molecule has 0 spiro atoms. The molecule has 0 saturated carbocycles. The molecule has 0 bridgehead atoms. The number of furan rings is 1. The zero-order valence-corrected chi connectivity index (χ0v) is 13.9. The lowest BCUT2D eigenvalue weighted by Gasteiger charge is -2.05. The molecule has 2 aromatic carbocycles. The minimum Gasteiger partial charge on any atom is -0.478 e. The summed E-state index contributed by atoms with van der Waals surface area (Å²) in [5.41, 5.74) is 2.84. The molecule has 0 amide bonds. The highest BCUT2D eigenvalue weighted by Gasteiger charge is 2.16. The Labute approximate surface area is 148 Å². The first-order valence-electron chi connectivity index (χ1n) is 8.02. The number of pyridine rings is 1. The molecular formula is C21H14FNO3. The zero-order valence-electron chi connectivity index (χ0n) is 13.9. The highest BCUT2D eigenvalue weighted by Crippen LogP contribution is 2.30. The Kier molecular flexibility index (Phi) is 3.77. The molecule has 0 radical (unpaired) electrons. The molecule has 4 aromatic rings. The molecule has 26 heavy (non-hydrogen) atoms. The molecule has 0 unspecified atom stereocenters. The van der Waals surface area contributed by atoms with Crippen molar-refractivity contribution in [3.05, 3.63) is 77.6 Å². The molecular weight excluding hydrogens is 333 g/mol. The molecule has 0 aliphatic heterocycles. The van der Waals surface area contributed by atoms with Crippen LogP contribution in [0.15, 0.2) is 65.1 Å². The van der Waals surface area contributed by atoms with Gasteiger partial charge in [-0.2, -0.15) is 0 Å². The minimum atomic E-state index is -1.14. The van der Waals surface area contributed by atoms with Crippen LogP contribution in [0.3, 0.4) is 0 Å². The maximum absolute atomic E-state index is 13.5. The van der Waals surface area contributed by atoms with Crippen LogP contribution >= 0.6 is 0 Å². The van der Waals surface area contributed by atoms with Gasteiger partial charge < -0.3 is 9.52 Å². The van der Waals surface area contributed by atoms with Gasteiger partial charge in [0.2, 0.25) is 0 Å². The molecule has 2 aromatic heterocycles. The number of hydrogen-bond donors (Lipinski definition) is 1. The maximum Gasteiger partial charge on any atom is 0.336 e. The van der Waals surface area contributed by atoms with E-state index in [1.165, 1.54) is 24.3 Å². The van der Waals surface area contributed by atoms with Gasteiger partial charge in [0, 0.05) is 10.9 Å². The summed E-state index contributed by atoms with van der Waals surface area (Å²) in [6.07, 6.45) is 0. The standard InChI is InChI=1S/C21H14FNO3/c1-12-2-4-13(5-3-12)19-8-9-20(26-19)18-11-16(21(24)25)15-10-14(22)6-7-17(15)23-18/h2-11H,1H3,(H,24,25). The first-order valence-corrected chi connectivity index (χ1v) is 8.02.